The zero-order valence-corrected chi connectivity index (χ0v) is 11.5. The highest BCUT2D eigenvalue weighted by molar-refractivity contribution is 5.02. The van der Waals surface area contributed by atoms with Gasteiger partial charge in [0.1, 0.15) is 0 Å². The van der Waals surface area contributed by atoms with Crippen LogP contribution in [0.3, 0.4) is 0 Å². The van der Waals surface area contributed by atoms with Crippen molar-refractivity contribution >= 4 is 0 Å². The lowest BCUT2D eigenvalue weighted by Crippen LogP contribution is -2.36. The second-order valence-electron chi connectivity index (χ2n) is 6.37. The lowest BCUT2D eigenvalue weighted by atomic mass is 10.1. The van der Waals surface area contributed by atoms with Crippen molar-refractivity contribution in [3.05, 3.63) is 18.2 Å². The van der Waals surface area contributed by atoms with Gasteiger partial charge in [-0.1, -0.05) is 13.3 Å². The van der Waals surface area contributed by atoms with Crippen LogP contribution in [0.25, 0.3) is 0 Å². The molecule has 0 saturated heterocycles. The van der Waals surface area contributed by atoms with Crippen LogP contribution < -0.4 is 5.32 Å². The number of nitrogens with zero attached hydrogens (tertiary/aromatic N) is 2. The maximum Gasteiger partial charge on any atom is 0.0951 e. The fourth-order valence-electron chi connectivity index (χ4n) is 2.66. The molecule has 1 fully saturated rings. The van der Waals surface area contributed by atoms with Crippen LogP contribution in [-0.4, -0.2) is 15.1 Å². The Morgan fingerprint density at radius 2 is 2.18 bits per heavy atom. The minimum atomic E-state index is 0.163. The minimum Gasteiger partial charge on any atom is -0.330 e. The average molecular weight is 235 g/mol. The zero-order chi connectivity index (χ0) is 12.5. The molecule has 0 amide bonds. The van der Waals surface area contributed by atoms with Gasteiger partial charge in [0.05, 0.1) is 12.0 Å². The van der Waals surface area contributed by atoms with Crippen LogP contribution in [0, 0.1) is 5.92 Å². The molecular formula is C14H25N3. The van der Waals surface area contributed by atoms with E-state index in [-0.39, 0.29) is 5.54 Å². The summed E-state index contributed by atoms with van der Waals surface area (Å²) in [6.45, 7) is 9.87. The molecular weight excluding hydrogens is 210 g/mol. The van der Waals surface area contributed by atoms with Gasteiger partial charge < -0.3 is 9.88 Å². The standard InChI is InChI=1S/C14H25N3/c1-11-6-5-7-13(11)17-10-15-8-12(17)9-16-14(2,3)4/h8,10-11,13,16H,5-7,9H2,1-4H3. The fourth-order valence-corrected chi connectivity index (χ4v) is 2.66. The molecule has 1 N–H and O–H groups in total. The number of hydrogen-bond acceptors (Lipinski definition) is 2. The average Bonchev–Trinajstić information content (AvgIpc) is 2.81. The van der Waals surface area contributed by atoms with Crippen LogP contribution in [0.5, 0.6) is 0 Å². The van der Waals surface area contributed by atoms with E-state index in [0.29, 0.717) is 6.04 Å². The maximum atomic E-state index is 4.32. The predicted octanol–water partition coefficient (Wildman–Crippen LogP) is 3.13. The molecule has 1 saturated carbocycles. The molecule has 1 aromatic rings. The molecule has 1 aliphatic carbocycles. The third-order valence-corrected chi connectivity index (χ3v) is 3.72. The van der Waals surface area contributed by atoms with Crippen LogP contribution in [0.4, 0.5) is 0 Å². The van der Waals surface area contributed by atoms with Crippen LogP contribution in [-0.2, 0) is 6.54 Å². The van der Waals surface area contributed by atoms with Gasteiger partial charge in [0, 0.05) is 24.3 Å². The highest BCUT2D eigenvalue weighted by atomic mass is 15.1. The SMILES string of the molecule is CC1CCCC1n1cncc1CNC(C)(C)C. The first-order chi connectivity index (χ1) is 7.97. The van der Waals surface area contributed by atoms with E-state index in [0.717, 1.165) is 12.5 Å². The summed E-state index contributed by atoms with van der Waals surface area (Å²) in [4.78, 5) is 4.32. The largest absolute Gasteiger partial charge is 0.330 e. The number of aromatic nitrogens is 2. The van der Waals surface area contributed by atoms with E-state index in [1.807, 2.05) is 12.5 Å². The Morgan fingerprint density at radius 1 is 1.41 bits per heavy atom. The molecule has 3 nitrogen and oxygen atoms in total. The molecule has 2 rings (SSSR count). The van der Waals surface area contributed by atoms with Gasteiger partial charge in [0.25, 0.3) is 0 Å². The highest BCUT2D eigenvalue weighted by Gasteiger charge is 2.26. The monoisotopic (exact) mass is 235 g/mol. The van der Waals surface area contributed by atoms with Gasteiger partial charge in [-0.05, 0) is 39.5 Å². The summed E-state index contributed by atoms with van der Waals surface area (Å²) >= 11 is 0. The van der Waals surface area contributed by atoms with Gasteiger partial charge in [-0.25, -0.2) is 4.98 Å². The molecule has 96 valence electrons. The number of imidazole rings is 1. The lowest BCUT2D eigenvalue weighted by molar-refractivity contribution is 0.374. The smallest absolute Gasteiger partial charge is 0.0951 e. The second kappa shape index (κ2) is 4.81. The molecule has 0 radical (unpaired) electrons. The van der Waals surface area contributed by atoms with E-state index in [4.69, 9.17) is 0 Å². The topological polar surface area (TPSA) is 29.9 Å². The maximum absolute atomic E-state index is 4.32. The molecule has 2 unspecified atom stereocenters. The molecule has 2 atom stereocenters. The van der Waals surface area contributed by atoms with E-state index in [1.54, 1.807) is 0 Å². The Hall–Kier alpha value is -0.830. The summed E-state index contributed by atoms with van der Waals surface area (Å²) in [6, 6.07) is 0.661. The highest BCUT2D eigenvalue weighted by Crippen LogP contribution is 2.35. The Morgan fingerprint density at radius 3 is 2.76 bits per heavy atom. The van der Waals surface area contributed by atoms with Gasteiger partial charge in [-0.15, -0.1) is 0 Å². The van der Waals surface area contributed by atoms with Crippen LogP contribution in [0.1, 0.15) is 58.7 Å². The van der Waals surface area contributed by atoms with E-state index in [1.165, 1.54) is 25.0 Å². The molecule has 0 bridgehead atoms. The molecule has 0 spiro atoms. The van der Waals surface area contributed by atoms with Crippen molar-refractivity contribution in [1.29, 1.82) is 0 Å². The molecule has 1 aliphatic rings. The Balaban J connectivity index is 2.06. The van der Waals surface area contributed by atoms with Crippen molar-refractivity contribution in [2.24, 2.45) is 5.92 Å². The van der Waals surface area contributed by atoms with Gasteiger partial charge in [0.15, 0.2) is 0 Å². The van der Waals surface area contributed by atoms with E-state index in [9.17, 15) is 0 Å². The van der Waals surface area contributed by atoms with Crippen molar-refractivity contribution < 1.29 is 0 Å². The van der Waals surface area contributed by atoms with Gasteiger partial charge in [-0.2, -0.15) is 0 Å². The summed E-state index contributed by atoms with van der Waals surface area (Å²) in [6.07, 6.45) is 8.03. The van der Waals surface area contributed by atoms with Gasteiger partial charge in [0.2, 0.25) is 0 Å². The van der Waals surface area contributed by atoms with E-state index >= 15 is 0 Å². The number of nitrogens with one attached hydrogen (secondary N) is 1. The molecule has 0 aliphatic heterocycles. The number of hydrogen-bond donors (Lipinski definition) is 1. The van der Waals surface area contributed by atoms with Crippen molar-refractivity contribution in [3.63, 3.8) is 0 Å². The van der Waals surface area contributed by atoms with Crippen LogP contribution in [0.2, 0.25) is 0 Å². The van der Waals surface area contributed by atoms with Crippen LogP contribution >= 0.6 is 0 Å². The minimum absolute atomic E-state index is 0.163. The molecule has 1 aromatic heterocycles. The van der Waals surface area contributed by atoms with E-state index < -0.39 is 0 Å². The first kappa shape index (κ1) is 12.6. The lowest BCUT2D eigenvalue weighted by Gasteiger charge is -2.24. The van der Waals surface area contributed by atoms with Gasteiger partial charge >= 0.3 is 0 Å². The fraction of sp³-hybridized carbons (Fsp3) is 0.786. The summed E-state index contributed by atoms with van der Waals surface area (Å²) in [5.41, 5.74) is 1.48. The second-order valence-corrected chi connectivity index (χ2v) is 6.37. The summed E-state index contributed by atoms with van der Waals surface area (Å²) in [7, 11) is 0. The summed E-state index contributed by atoms with van der Waals surface area (Å²) in [5, 5.41) is 3.54. The van der Waals surface area contributed by atoms with E-state index in [2.05, 4.69) is 42.6 Å². The summed E-state index contributed by atoms with van der Waals surface area (Å²) in [5.74, 6) is 0.789. The van der Waals surface area contributed by atoms with Gasteiger partial charge in [-0.3, -0.25) is 0 Å². The van der Waals surface area contributed by atoms with Crippen molar-refractivity contribution in [3.8, 4) is 0 Å². The first-order valence-corrected chi connectivity index (χ1v) is 6.73. The van der Waals surface area contributed by atoms with Crippen molar-refractivity contribution in [2.45, 2.75) is 65.1 Å². The third-order valence-electron chi connectivity index (χ3n) is 3.72. The Kier molecular flexibility index (Phi) is 3.57. The molecule has 17 heavy (non-hydrogen) atoms. The van der Waals surface area contributed by atoms with Crippen molar-refractivity contribution in [2.75, 3.05) is 0 Å². The third kappa shape index (κ3) is 3.09. The normalized spacial score (nSPS) is 25.4. The van der Waals surface area contributed by atoms with Crippen molar-refractivity contribution in [1.82, 2.24) is 14.9 Å². The first-order valence-electron chi connectivity index (χ1n) is 6.73. The number of rotatable bonds is 3. The molecule has 0 aromatic carbocycles. The predicted molar refractivity (Wildman–Crippen MR) is 70.9 cm³/mol. The molecule has 3 heteroatoms. The van der Waals surface area contributed by atoms with Crippen LogP contribution in [0.15, 0.2) is 12.5 Å². The quantitative estimate of drug-likeness (QED) is 0.872. The summed E-state index contributed by atoms with van der Waals surface area (Å²) < 4.78 is 2.39. The molecule has 1 heterocycles. The Bertz CT molecular complexity index is 362. The Labute approximate surface area is 105 Å². The zero-order valence-electron chi connectivity index (χ0n) is 11.5.